The highest BCUT2D eigenvalue weighted by Gasteiger charge is 2.36. The van der Waals surface area contributed by atoms with Gasteiger partial charge in [-0.15, -0.1) is 0 Å². The van der Waals surface area contributed by atoms with Crippen LogP contribution in [0.3, 0.4) is 0 Å². The maximum atomic E-state index is 11.2. The number of hydrogen-bond acceptors (Lipinski definition) is 3. The summed E-state index contributed by atoms with van der Waals surface area (Å²) in [6, 6.07) is 0. The fraction of sp³-hybridized carbons (Fsp3) is 0.857. The highest BCUT2D eigenvalue weighted by molar-refractivity contribution is 6.68. The Morgan fingerprint density at radius 3 is 1.31 bits per heavy atom. The molecule has 0 aromatic heterocycles. The van der Waals surface area contributed by atoms with Gasteiger partial charge in [0.25, 0.3) is 0 Å². The molecule has 9 heteroatoms. The molecule has 0 rings (SSSR count). The van der Waals surface area contributed by atoms with Gasteiger partial charge in [-0.2, -0.15) is 0 Å². The van der Waals surface area contributed by atoms with Crippen LogP contribution < -0.4 is 0 Å². The van der Waals surface area contributed by atoms with Gasteiger partial charge in [0.2, 0.25) is 7.59 Å². The molecule has 0 aliphatic heterocycles. The van der Waals surface area contributed by atoms with Gasteiger partial charge >= 0.3 is 6.16 Å². The molecule has 0 aliphatic rings. The lowest BCUT2D eigenvalue weighted by molar-refractivity contribution is 0.00944. The molecule has 0 aromatic rings. The summed E-state index contributed by atoms with van der Waals surface area (Å²) in [7, 11) is 0. The van der Waals surface area contributed by atoms with Crippen molar-refractivity contribution in [3.63, 3.8) is 0 Å². The normalized spacial score (nSPS) is 16.5. The van der Waals surface area contributed by atoms with Crippen LogP contribution in [-0.4, -0.2) is 25.9 Å². The molecule has 96 valence electrons. The lowest BCUT2D eigenvalue weighted by Gasteiger charge is -2.23. The molecule has 0 fully saturated rings. The lowest BCUT2D eigenvalue weighted by Crippen LogP contribution is -2.33. The molecule has 0 spiro atoms. The van der Waals surface area contributed by atoms with Crippen molar-refractivity contribution in [3.8, 4) is 0 Å². The zero-order chi connectivity index (χ0) is 13.1. The van der Waals surface area contributed by atoms with Gasteiger partial charge in [-0.05, 0) is 13.8 Å². The van der Waals surface area contributed by atoms with Crippen molar-refractivity contribution in [1.29, 1.82) is 0 Å². The van der Waals surface area contributed by atoms with E-state index in [1.54, 1.807) is 0 Å². The van der Waals surface area contributed by atoms with E-state index in [-0.39, 0.29) is 0 Å². The summed E-state index contributed by atoms with van der Waals surface area (Å²) in [5.41, 5.74) is 0. The van der Waals surface area contributed by atoms with E-state index in [1.165, 1.54) is 13.8 Å². The van der Waals surface area contributed by atoms with Crippen LogP contribution in [-0.2, 0) is 9.47 Å². The molecule has 2 unspecified atom stereocenters. The molecule has 2 atom stereocenters. The maximum absolute atomic E-state index is 11.2. The van der Waals surface area contributed by atoms with Crippen molar-refractivity contribution in [2.75, 3.05) is 0 Å². The number of rotatable bonds is 2. The first-order chi connectivity index (χ1) is 6.94. The Hall–Kier alpha value is 1.01. The SMILES string of the molecule is CC(OC(=O)OC(C)C(Cl)(Cl)Cl)C(Cl)(Cl)Cl. The van der Waals surface area contributed by atoms with Crippen molar-refractivity contribution in [1.82, 2.24) is 0 Å². The van der Waals surface area contributed by atoms with E-state index in [2.05, 4.69) is 9.47 Å². The molecule has 16 heavy (non-hydrogen) atoms. The van der Waals surface area contributed by atoms with Gasteiger partial charge in [0.15, 0.2) is 0 Å². The van der Waals surface area contributed by atoms with Crippen LogP contribution in [0.4, 0.5) is 4.79 Å². The van der Waals surface area contributed by atoms with E-state index in [0.29, 0.717) is 0 Å². The predicted molar refractivity (Wildman–Crippen MR) is 67.1 cm³/mol. The van der Waals surface area contributed by atoms with Crippen molar-refractivity contribution in [2.24, 2.45) is 0 Å². The van der Waals surface area contributed by atoms with E-state index < -0.39 is 25.9 Å². The van der Waals surface area contributed by atoms with Gasteiger partial charge in [0.05, 0.1) is 0 Å². The minimum Gasteiger partial charge on any atom is -0.427 e. The minimum absolute atomic E-state index is 0.993. The standard InChI is InChI=1S/C7H8Cl6O3/c1-3(6(8,9)10)15-5(14)16-4(2)7(11,12)13/h3-4H,1-2H3. The number of carbonyl (C=O) groups excluding carboxylic acids is 1. The van der Waals surface area contributed by atoms with Gasteiger partial charge in [-0.25, -0.2) is 4.79 Å². The Labute approximate surface area is 123 Å². The number of carbonyl (C=O) groups is 1. The molecule has 3 nitrogen and oxygen atoms in total. The van der Waals surface area contributed by atoms with Crippen LogP contribution in [0.15, 0.2) is 0 Å². The Balaban J connectivity index is 4.21. The number of ether oxygens (including phenoxy) is 2. The average molecular weight is 353 g/mol. The third-order valence-electron chi connectivity index (χ3n) is 1.47. The van der Waals surface area contributed by atoms with Crippen LogP contribution in [0.5, 0.6) is 0 Å². The topological polar surface area (TPSA) is 35.5 Å². The first-order valence-corrected chi connectivity index (χ1v) is 6.22. The monoisotopic (exact) mass is 350 g/mol. The first kappa shape index (κ1) is 17.0. The molecule has 0 amide bonds. The maximum Gasteiger partial charge on any atom is 0.509 e. The first-order valence-electron chi connectivity index (χ1n) is 3.95. The van der Waals surface area contributed by atoms with Gasteiger partial charge < -0.3 is 9.47 Å². The minimum atomic E-state index is -1.75. The summed E-state index contributed by atoms with van der Waals surface area (Å²) < 4.78 is 5.80. The molecule has 0 aliphatic carbocycles. The van der Waals surface area contributed by atoms with E-state index in [1.807, 2.05) is 0 Å². The Morgan fingerprint density at radius 1 is 0.875 bits per heavy atom. The molecule has 0 heterocycles. The van der Waals surface area contributed by atoms with Crippen molar-refractivity contribution >= 4 is 75.8 Å². The second-order valence-corrected chi connectivity index (χ2v) is 7.59. The van der Waals surface area contributed by atoms with Gasteiger partial charge in [0.1, 0.15) is 12.2 Å². The highest BCUT2D eigenvalue weighted by Crippen LogP contribution is 2.34. The number of halogens is 6. The quantitative estimate of drug-likeness (QED) is 0.535. The number of hydrogen-bond donors (Lipinski definition) is 0. The molecule has 0 radical (unpaired) electrons. The van der Waals surface area contributed by atoms with Crippen LogP contribution in [0.25, 0.3) is 0 Å². The molecule has 0 bridgehead atoms. The summed E-state index contributed by atoms with van der Waals surface area (Å²) in [6.45, 7) is 2.77. The average Bonchev–Trinajstić information content (AvgIpc) is 1.99. The summed E-state index contributed by atoms with van der Waals surface area (Å²) in [5, 5.41) is 0. The van der Waals surface area contributed by atoms with E-state index in [4.69, 9.17) is 69.6 Å². The Bertz CT molecular complexity index is 221. The van der Waals surface area contributed by atoms with Gasteiger partial charge in [0, 0.05) is 0 Å². The second-order valence-electron chi connectivity index (χ2n) is 2.85. The van der Waals surface area contributed by atoms with Crippen LogP contribution >= 0.6 is 69.6 Å². The van der Waals surface area contributed by atoms with E-state index >= 15 is 0 Å². The lowest BCUT2D eigenvalue weighted by atomic mass is 10.4. The van der Waals surface area contributed by atoms with Gasteiger partial charge in [-0.1, -0.05) is 69.6 Å². The molecule has 0 N–H and O–H groups in total. The van der Waals surface area contributed by atoms with Gasteiger partial charge in [-0.3, -0.25) is 0 Å². The van der Waals surface area contributed by atoms with E-state index in [9.17, 15) is 4.79 Å². The zero-order valence-corrected chi connectivity index (χ0v) is 12.7. The van der Waals surface area contributed by atoms with Crippen LogP contribution in [0.1, 0.15) is 13.8 Å². The third-order valence-corrected chi connectivity index (χ3v) is 3.31. The Morgan fingerprint density at radius 2 is 1.12 bits per heavy atom. The fourth-order valence-corrected chi connectivity index (χ4v) is 0.717. The van der Waals surface area contributed by atoms with Crippen LogP contribution in [0, 0.1) is 0 Å². The van der Waals surface area contributed by atoms with Crippen molar-refractivity contribution < 1.29 is 14.3 Å². The molecular formula is C7H8Cl6O3. The largest absolute Gasteiger partial charge is 0.509 e. The summed E-state index contributed by atoms with van der Waals surface area (Å²) in [4.78, 5) is 11.2. The molecule has 0 saturated heterocycles. The number of alkyl halides is 6. The second kappa shape index (κ2) is 6.26. The smallest absolute Gasteiger partial charge is 0.427 e. The molecule has 0 saturated carbocycles. The highest BCUT2D eigenvalue weighted by atomic mass is 35.6. The fourth-order valence-electron chi connectivity index (χ4n) is 0.450. The van der Waals surface area contributed by atoms with Crippen molar-refractivity contribution in [3.05, 3.63) is 0 Å². The van der Waals surface area contributed by atoms with E-state index in [0.717, 1.165) is 0 Å². The summed E-state index contributed by atoms with van der Waals surface area (Å²) in [5.74, 6) is 0. The zero-order valence-electron chi connectivity index (χ0n) is 8.15. The van der Waals surface area contributed by atoms with Crippen LogP contribution in [0.2, 0.25) is 0 Å². The van der Waals surface area contributed by atoms with Crippen molar-refractivity contribution in [2.45, 2.75) is 33.6 Å². The summed E-state index contributed by atoms with van der Waals surface area (Å²) >= 11 is 32.8. The molecular weight excluding hydrogens is 345 g/mol. The summed E-state index contributed by atoms with van der Waals surface area (Å²) in [6.07, 6.45) is -3.07. The Kier molecular flexibility index (Phi) is 6.65. The predicted octanol–water partition coefficient (Wildman–Crippen LogP) is 4.66. The third kappa shape index (κ3) is 6.67. The molecule has 0 aromatic carbocycles.